The Balaban J connectivity index is 1.34. The van der Waals surface area contributed by atoms with Gasteiger partial charge in [-0.2, -0.15) is 0 Å². The third-order valence-electron chi connectivity index (χ3n) is 7.87. The number of tetrazole rings is 1. The standard InChI is InChI=1S/C29H34N6O4/c1-3-6-25(28-31-32-33-35(28)16-19-9-11-23(37-2)12-10-19)34(22-7-4-5-8-22)17-21-13-20-14-26-27(39-18-38-26)15-24(20)30-29(21)36/h9-15,22,25H,3-8,16-18H2,1-2H3,(H,30,36). The highest BCUT2D eigenvalue weighted by molar-refractivity contribution is 5.83. The number of hydrogen-bond donors (Lipinski definition) is 1. The van der Waals surface area contributed by atoms with Crippen LogP contribution in [-0.4, -0.2) is 50.0 Å². The summed E-state index contributed by atoms with van der Waals surface area (Å²) in [7, 11) is 1.66. The van der Waals surface area contributed by atoms with E-state index in [1.54, 1.807) is 7.11 Å². The molecule has 2 aromatic heterocycles. The van der Waals surface area contributed by atoms with Crippen molar-refractivity contribution >= 4 is 10.9 Å². The first-order chi connectivity index (χ1) is 19.1. The Hall–Kier alpha value is -3.92. The zero-order valence-corrected chi connectivity index (χ0v) is 22.4. The average Bonchev–Trinajstić information content (AvgIpc) is 3.73. The Kier molecular flexibility index (Phi) is 7.19. The van der Waals surface area contributed by atoms with Gasteiger partial charge in [0.25, 0.3) is 5.56 Å². The highest BCUT2D eigenvalue weighted by Gasteiger charge is 2.33. The van der Waals surface area contributed by atoms with Gasteiger partial charge in [0, 0.05) is 29.6 Å². The maximum atomic E-state index is 13.3. The van der Waals surface area contributed by atoms with Gasteiger partial charge in [-0.25, -0.2) is 4.68 Å². The van der Waals surface area contributed by atoms with Crippen molar-refractivity contribution in [3.8, 4) is 17.2 Å². The number of rotatable bonds is 10. The molecule has 1 unspecified atom stereocenters. The number of nitrogens with one attached hydrogen (secondary N) is 1. The van der Waals surface area contributed by atoms with Gasteiger partial charge in [-0.15, -0.1) is 5.10 Å². The normalized spacial score (nSPS) is 15.9. The number of methoxy groups -OCH3 is 1. The van der Waals surface area contributed by atoms with E-state index in [0.717, 1.165) is 59.3 Å². The van der Waals surface area contributed by atoms with E-state index in [4.69, 9.17) is 14.2 Å². The van der Waals surface area contributed by atoms with Crippen molar-refractivity contribution < 1.29 is 14.2 Å². The number of hydrogen-bond acceptors (Lipinski definition) is 8. The molecule has 2 aliphatic rings. The molecule has 3 heterocycles. The lowest BCUT2D eigenvalue weighted by Gasteiger charge is -2.35. The number of benzene rings is 2. The molecular weight excluding hydrogens is 496 g/mol. The van der Waals surface area contributed by atoms with Crippen molar-refractivity contribution in [2.45, 2.75) is 70.6 Å². The van der Waals surface area contributed by atoms with Gasteiger partial charge in [0.2, 0.25) is 6.79 Å². The molecular formula is C29H34N6O4. The van der Waals surface area contributed by atoms with Crippen LogP contribution in [-0.2, 0) is 13.1 Å². The van der Waals surface area contributed by atoms with E-state index in [2.05, 4.69) is 32.3 Å². The Morgan fingerprint density at radius 2 is 1.90 bits per heavy atom. The third-order valence-corrected chi connectivity index (χ3v) is 7.87. The zero-order chi connectivity index (χ0) is 26.8. The third kappa shape index (κ3) is 5.21. The molecule has 1 saturated carbocycles. The van der Waals surface area contributed by atoms with Crippen molar-refractivity contribution in [1.82, 2.24) is 30.1 Å². The average molecular weight is 531 g/mol. The highest BCUT2D eigenvalue weighted by atomic mass is 16.7. The van der Waals surface area contributed by atoms with E-state index < -0.39 is 0 Å². The summed E-state index contributed by atoms with van der Waals surface area (Å²) in [6.07, 6.45) is 6.45. The van der Waals surface area contributed by atoms with Gasteiger partial charge in [0.1, 0.15) is 5.75 Å². The minimum atomic E-state index is -0.0857. The fourth-order valence-corrected chi connectivity index (χ4v) is 5.87. The Bertz CT molecular complexity index is 1490. The van der Waals surface area contributed by atoms with Crippen molar-refractivity contribution in [2.24, 2.45) is 0 Å². The summed E-state index contributed by atoms with van der Waals surface area (Å²) in [5.74, 6) is 3.01. The summed E-state index contributed by atoms with van der Waals surface area (Å²) in [5, 5.41) is 13.9. The molecule has 4 aromatic rings. The van der Waals surface area contributed by atoms with Crippen LogP contribution in [0.15, 0.2) is 47.3 Å². The maximum absolute atomic E-state index is 13.3. The predicted octanol–water partition coefficient (Wildman–Crippen LogP) is 4.59. The van der Waals surface area contributed by atoms with Gasteiger partial charge >= 0.3 is 0 Å². The van der Waals surface area contributed by atoms with E-state index in [1.165, 1.54) is 12.8 Å². The van der Waals surface area contributed by atoms with Gasteiger partial charge in [-0.3, -0.25) is 9.69 Å². The van der Waals surface area contributed by atoms with Gasteiger partial charge in [0.15, 0.2) is 17.3 Å². The Morgan fingerprint density at radius 1 is 1.13 bits per heavy atom. The molecule has 204 valence electrons. The topological polar surface area (TPSA) is 107 Å². The van der Waals surface area contributed by atoms with Gasteiger partial charge in [-0.05, 0) is 59.5 Å². The van der Waals surface area contributed by atoms with Crippen molar-refractivity contribution in [1.29, 1.82) is 0 Å². The van der Waals surface area contributed by atoms with E-state index >= 15 is 0 Å². The number of aromatic amines is 1. The molecule has 0 saturated heterocycles. The molecule has 39 heavy (non-hydrogen) atoms. The van der Waals surface area contributed by atoms with Crippen LogP contribution in [0.25, 0.3) is 10.9 Å². The molecule has 0 amide bonds. The molecule has 10 nitrogen and oxygen atoms in total. The largest absolute Gasteiger partial charge is 0.497 e. The number of ether oxygens (including phenoxy) is 3. The van der Waals surface area contributed by atoms with Crippen LogP contribution in [0.4, 0.5) is 0 Å². The molecule has 10 heteroatoms. The summed E-state index contributed by atoms with van der Waals surface area (Å²) in [6, 6.07) is 14.1. The monoisotopic (exact) mass is 530 g/mol. The first-order valence-corrected chi connectivity index (χ1v) is 13.7. The fourth-order valence-electron chi connectivity index (χ4n) is 5.87. The minimum absolute atomic E-state index is 0.0156. The summed E-state index contributed by atoms with van der Waals surface area (Å²) >= 11 is 0. The Morgan fingerprint density at radius 3 is 2.64 bits per heavy atom. The van der Waals surface area contributed by atoms with Crippen molar-refractivity contribution in [3.05, 3.63) is 69.8 Å². The van der Waals surface area contributed by atoms with Gasteiger partial charge in [0.05, 0.1) is 25.2 Å². The second kappa shape index (κ2) is 11.1. The number of pyridine rings is 1. The fraction of sp³-hybridized carbons (Fsp3) is 0.448. The summed E-state index contributed by atoms with van der Waals surface area (Å²) in [6.45, 7) is 3.46. The highest BCUT2D eigenvalue weighted by Crippen LogP contribution is 2.37. The molecule has 1 fully saturated rings. The summed E-state index contributed by atoms with van der Waals surface area (Å²) < 4.78 is 18.3. The predicted molar refractivity (Wildman–Crippen MR) is 146 cm³/mol. The minimum Gasteiger partial charge on any atom is -0.497 e. The molecule has 1 aliphatic heterocycles. The van der Waals surface area contributed by atoms with E-state index in [0.29, 0.717) is 30.6 Å². The van der Waals surface area contributed by atoms with Crippen molar-refractivity contribution in [2.75, 3.05) is 13.9 Å². The lowest BCUT2D eigenvalue weighted by molar-refractivity contribution is 0.108. The number of fused-ring (bicyclic) bond motifs is 2. The molecule has 1 aliphatic carbocycles. The molecule has 2 aromatic carbocycles. The molecule has 0 radical (unpaired) electrons. The van der Waals surface area contributed by atoms with Gasteiger partial charge in [-0.1, -0.05) is 38.3 Å². The van der Waals surface area contributed by atoms with Crippen LogP contribution in [0.3, 0.4) is 0 Å². The van der Waals surface area contributed by atoms with Crippen LogP contribution in [0.1, 0.15) is 68.4 Å². The van der Waals surface area contributed by atoms with Crippen molar-refractivity contribution in [3.63, 3.8) is 0 Å². The van der Waals surface area contributed by atoms with Crippen LogP contribution in [0, 0.1) is 0 Å². The summed E-state index contributed by atoms with van der Waals surface area (Å²) in [5.41, 5.74) is 2.48. The summed E-state index contributed by atoms with van der Waals surface area (Å²) in [4.78, 5) is 18.8. The quantitative estimate of drug-likeness (QED) is 0.317. The van der Waals surface area contributed by atoms with Crippen LogP contribution >= 0.6 is 0 Å². The second-order valence-electron chi connectivity index (χ2n) is 10.4. The van der Waals surface area contributed by atoms with E-state index in [9.17, 15) is 4.79 Å². The first-order valence-electron chi connectivity index (χ1n) is 13.7. The molecule has 0 spiro atoms. The van der Waals surface area contributed by atoms with E-state index in [-0.39, 0.29) is 18.4 Å². The zero-order valence-electron chi connectivity index (χ0n) is 22.4. The van der Waals surface area contributed by atoms with Crippen LogP contribution in [0.5, 0.6) is 17.2 Å². The molecule has 1 N–H and O–H groups in total. The van der Waals surface area contributed by atoms with Crippen LogP contribution < -0.4 is 19.8 Å². The van der Waals surface area contributed by atoms with Gasteiger partial charge < -0.3 is 19.2 Å². The van der Waals surface area contributed by atoms with Crippen LogP contribution in [0.2, 0.25) is 0 Å². The van der Waals surface area contributed by atoms with E-state index in [1.807, 2.05) is 47.1 Å². The molecule has 0 bridgehead atoms. The maximum Gasteiger partial charge on any atom is 0.252 e. The Labute approximate surface area is 226 Å². The first kappa shape index (κ1) is 25.4. The SMILES string of the molecule is CCCC(c1nnnn1Cc1ccc(OC)cc1)N(Cc1cc2cc3c(cc2[nH]c1=O)OCO3)C1CCCC1. The lowest BCUT2D eigenvalue weighted by atomic mass is 10.0. The molecule has 6 rings (SSSR count). The lowest BCUT2D eigenvalue weighted by Crippen LogP contribution is -2.39. The smallest absolute Gasteiger partial charge is 0.252 e. The molecule has 1 atom stereocenters. The number of H-pyrrole nitrogens is 1. The second-order valence-corrected chi connectivity index (χ2v) is 10.4. The number of nitrogens with zero attached hydrogens (tertiary/aromatic N) is 5. The number of aromatic nitrogens is 5.